The van der Waals surface area contributed by atoms with Gasteiger partial charge in [-0.05, 0) is 38.3 Å². The van der Waals surface area contributed by atoms with E-state index in [1.807, 2.05) is 26.0 Å². The molecule has 2 atom stereocenters. The molecule has 1 aromatic rings. The average Bonchev–Trinajstić information content (AvgIpc) is 2.46. The second kappa shape index (κ2) is 7.89. The number of rotatable bonds is 7. The Kier molecular flexibility index (Phi) is 6.49. The molecule has 0 unspecified atom stereocenters. The van der Waals surface area contributed by atoms with Gasteiger partial charge in [0.15, 0.2) is 0 Å². The van der Waals surface area contributed by atoms with Gasteiger partial charge in [-0.3, -0.25) is 14.6 Å². The van der Waals surface area contributed by atoms with Gasteiger partial charge in [-0.2, -0.15) is 0 Å². The van der Waals surface area contributed by atoms with E-state index in [9.17, 15) is 9.59 Å². The molecule has 122 valence electrons. The largest absolute Gasteiger partial charge is 0.469 e. The van der Waals surface area contributed by atoms with E-state index >= 15 is 0 Å². The highest BCUT2D eigenvalue weighted by atomic mass is 16.5. The number of aromatic nitrogens is 1. The zero-order valence-electron chi connectivity index (χ0n) is 13.6. The number of nitrogens with two attached hydrogens (primary N) is 1. The van der Waals surface area contributed by atoms with Gasteiger partial charge in [0.2, 0.25) is 5.91 Å². The number of carbonyl (C=O) groups is 2. The Labute approximate surface area is 131 Å². The fourth-order valence-electron chi connectivity index (χ4n) is 2.27. The smallest absolute Gasteiger partial charge is 0.308 e. The minimum atomic E-state index is -0.748. The van der Waals surface area contributed by atoms with Gasteiger partial charge in [-0.25, -0.2) is 0 Å². The van der Waals surface area contributed by atoms with Gasteiger partial charge in [0.1, 0.15) is 0 Å². The summed E-state index contributed by atoms with van der Waals surface area (Å²) in [4.78, 5) is 27.6. The van der Waals surface area contributed by atoms with Crippen LogP contribution in [0.2, 0.25) is 0 Å². The Morgan fingerprint density at radius 3 is 2.68 bits per heavy atom. The first-order chi connectivity index (χ1) is 10.2. The van der Waals surface area contributed by atoms with Crippen molar-refractivity contribution in [3.05, 3.63) is 30.1 Å². The Balaban J connectivity index is 2.56. The molecule has 3 N–H and O–H groups in total. The molecule has 22 heavy (non-hydrogen) atoms. The van der Waals surface area contributed by atoms with Crippen LogP contribution in [0.5, 0.6) is 0 Å². The van der Waals surface area contributed by atoms with Crippen LogP contribution in [0.1, 0.15) is 32.8 Å². The summed E-state index contributed by atoms with van der Waals surface area (Å²) in [5, 5.41) is 2.92. The zero-order valence-corrected chi connectivity index (χ0v) is 13.6. The molecule has 0 aliphatic rings. The van der Waals surface area contributed by atoms with Crippen LogP contribution in [-0.4, -0.2) is 35.6 Å². The Morgan fingerprint density at radius 2 is 2.14 bits per heavy atom. The molecule has 6 heteroatoms. The molecular formula is C16H25N3O3. The number of nitrogens with one attached hydrogen (secondary N) is 1. The van der Waals surface area contributed by atoms with Crippen LogP contribution in [0.3, 0.4) is 0 Å². The van der Waals surface area contributed by atoms with Crippen LogP contribution in [0.15, 0.2) is 24.5 Å². The van der Waals surface area contributed by atoms with E-state index in [0.29, 0.717) is 6.42 Å². The Hall–Kier alpha value is -1.95. The molecule has 0 aliphatic heterocycles. The van der Waals surface area contributed by atoms with Crippen molar-refractivity contribution < 1.29 is 14.3 Å². The lowest BCUT2D eigenvalue weighted by atomic mass is 9.94. The summed E-state index contributed by atoms with van der Waals surface area (Å²) in [7, 11) is 1.32. The number of carbonyl (C=O) groups excluding carboxylic acids is 2. The average molecular weight is 307 g/mol. The van der Waals surface area contributed by atoms with E-state index in [4.69, 9.17) is 5.73 Å². The van der Waals surface area contributed by atoms with Crippen molar-refractivity contribution in [1.82, 2.24) is 10.3 Å². The third-order valence-electron chi connectivity index (χ3n) is 3.38. The fourth-order valence-corrected chi connectivity index (χ4v) is 2.27. The molecule has 0 aromatic carbocycles. The van der Waals surface area contributed by atoms with Gasteiger partial charge >= 0.3 is 5.97 Å². The van der Waals surface area contributed by atoms with Crippen molar-refractivity contribution in [1.29, 1.82) is 0 Å². The molecule has 1 amide bonds. The minimum Gasteiger partial charge on any atom is -0.469 e. The van der Waals surface area contributed by atoms with E-state index in [1.165, 1.54) is 7.11 Å². The third-order valence-corrected chi connectivity index (χ3v) is 3.38. The maximum atomic E-state index is 12.2. The molecule has 0 radical (unpaired) electrons. The van der Waals surface area contributed by atoms with Gasteiger partial charge in [0.05, 0.1) is 19.1 Å². The van der Waals surface area contributed by atoms with Gasteiger partial charge in [-0.1, -0.05) is 13.0 Å². The van der Waals surface area contributed by atoms with E-state index in [0.717, 1.165) is 5.56 Å². The van der Waals surface area contributed by atoms with Crippen molar-refractivity contribution in [3.63, 3.8) is 0 Å². The normalized spacial score (nSPS) is 14.0. The number of ether oxygens (including phenoxy) is 1. The van der Waals surface area contributed by atoms with Gasteiger partial charge in [0.25, 0.3) is 0 Å². The molecule has 6 nitrogen and oxygen atoms in total. The molecule has 0 saturated heterocycles. The summed E-state index contributed by atoms with van der Waals surface area (Å²) in [5.41, 5.74) is 6.46. The van der Waals surface area contributed by atoms with Crippen molar-refractivity contribution in [2.45, 2.75) is 45.2 Å². The summed E-state index contributed by atoms with van der Waals surface area (Å²) in [6.45, 7) is 5.54. The molecule has 0 saturated carbocycles. The Bertz CT molecular complexity index is 503. The first-order valence-electron chi connectivity index (χ1n) is 7.29. The molecule has 0 spiro atoms. The summed E-state index contributed by atoms with van der Waals surface area (Å²) in [5.74, 6) is -1.05. The number of esters is 1. The van der Waals surface area contributed by atoms with Crippen LogP contribution in [0, 0.1) is 5.92 Å². The third kappa shape index (κ3) is 5.81. The number of nitrogens with zero attached hydrogens (tertiary/aromatic N) is 1. The van der Waals surface area contributed by atoms with Crippen molar-refractivity contribution >= 4 is 11.9 Å². The lowest BCUT2D eigenvalue weighted by Crippen LogP contribution is -2.52. The van der Waals surface area contributed by atoms with Crippen LogP contribution in [0.4, 0.5) is 0 Å². The summed E-state index contributed by atoms with van der Waals surface area (Å²) >= 11 is 0. The van der Waals surface area contributed by atoms with Gasteiger partial charge in [-0.15, -0.1) is 0 Å². The predicted octanol–water partition coefficient (Wildman–Crippen LogP) is 1.05. The summed E-state index contributed by atoms with van der Waals surface area (Å²) < 4.78 is 4.64. The number of methoxy groups -OCH3 is 1. The first kappa shape index (κ1) is 18.1. The number of amides is 1. The topological polar surface area (TPSA) is 94.3 Å². The molecule has 1 heterocycles. The lowest BCUT2D eigenvalue weighted by Gasteiger charge is -2.28. The zero-order chi connectivity index (χ0) is 16.8. The highest BCUT2D eigenvalue weighted by molar-refractivity contribution is 5.83. The van der Waals surface area contributed by atoms with E-state index in [-0.39, 0.29) is 18.3 Å². The highest BCUT2D eigenvalue weighted by Crippen LogP contribution is 2.13. The van der Waals surface area contributed by atoms with Crippen molar-refractivity contribution in [2.24, 2.45) is 11.7 Å². The summed E-state index contributed by atoms with van der Waals surface area (Å²) in [6.07, 6.45) is 4.37. The van der Waals surface area contributed by atoms with Crippen LogP contribution in [0.25, 0.3) is 0 Å². The van der Waals surface area contributed by atoms with Crippen LogP contribution in [-0.2, 0) is 20.7 Å². The first-order valence-corrected chi connectivity index (χ1v) is 7.29. The van der Waals surface area contributed by atoms with E-state index in [2.05, 4.69) is 15.0 Å². The van der Waals surface area contributed by atoms with Crippen molar-refractivity contribution in [2.75, 3.05) is 7.11 Å². The van der Waals surface area contributed by atoms with Crippen LogP contribution < -0.4 is 11.1 Å². The summed E-state index contributed by atoms with van der Waals surface area (Å²) in [6, 6.07) is 3.07. The predicted molar refractivity (Wildman–Crippen MR) is 83.9 cm³/mol. The maximum Gasteiger partial charge on any atom is 0.308 e. The number of hydrogen-bond acceptors (Lipinski definition) is 5. The monoisotopic (exact) mass is 307 g/mol. The molecular weight excluding hydrogens is 282 g/mol. The van der Waals surface area contributed by atoms with E-state index < -0.39 is 17.5 Å². The fraction of sp³-hybridized carbons (Fsp3) is 0.562. The molecule has 1 rings (SSSR count). The van der Waals surface area contributed by atoms with Gasteiger partial charge in [0, 0.05) is 17.9 Å². The SMILES string of the molecule is COC(=O)[C@@H](C)C[C@H](N)C(=O)NC(C)(C)Cc1cccnc1. The van der Waals surface area contributed by atoms with Crippen molar-refractivity contribution in [3.8, 4) is 0 Å². The van der Waals surface area contributed by atoms with Gasteiger partial charge < -0.3 is 15.8 Å². The highest BCUT2D eigenvalue weighted by Gasteiger charge is 2.27. The Morgan fingerprint density at radius 1 is 1.45 bits per heavy atom. The standard InChI is InChI=1S/C16H25N3O3/c1-11(15(21)22-4)8-13(17)14(20)19-16(2,3)9-12-6-5-7-18-10-12/h5-7,10-11,13H,8-9,17H2,1-4H3,(H,19,20)/t11-,13-/m0/s1. The maximum absolute atomic E-state index is 12.2. The second-order valence-electron chi connectivity index (χ2n) is 6.18. The molecule has 0 fully saturated rings. The second-order valence-corrected chi connectivity index (χ2v) is 6.18. The number of pyridine rings is 1. The molecule has 1 aromatic heterocycles. The minimum absolute atomic E-state index is 0.251. The quantitative estimate of drug-likeness (QED) is 0.734. The van der Waals surface area contributed by atoms with E-state index in [1.54, 1.807) is 19.3 Å². The lowest BCUT2D eigenvalue weighted by molar-refractivity contribution is -0.145. The number of hydrogen-bond donors (Lipinski definition) is 2. The van der Waals surface area contributed by atoms with Crippen LogP contribution >= 0.6 is 0 Å². The molecule has 0 aliphatic carbocycles. The molecule has 0 bridgehead atoms.